The lowest BCUT2D eigenvalue weighted by atomic mass is 9.74. The number of urea groups is 1. The van der Waals surface area contributed by atoms with Gasteiger partial charge in [-0.3, -0.25) is 4.79 Å². The molecule has 1 aliphatic heterocycles. The summed E-state index contributed by atoms with van der Waals surface area (Å²) in [5.74, 6) is -0.609. The third-order valence-electron chi connectivity index (χ3n) is 6.04. The van der Waals surface area contributed by atoms with Crippen LogP contribution in [-0.4, -0.2) is 37.7 Å². The molecule has 0 aliphatic carbocycles. The number of benzene rings is 2. The Bertz CT molecular complexity index is 881. The first kappa shape index (κ1) is 23.7. The largest absolute Gasteiger partial charge is 0.381 e. The van der Waals surface area contributed by atoms with Crippen molar-refractivity contribution in [3.63, 3.8) is 0 Å². The van der Waals surface area contributed by atoms with Gasteiger partial charge in [-0.2, -0.15) is 0 Å². The second-order valence-corrected chi connectivity index (χ2v) is 8.65. The van der Waals surface area contributed by atoms with E-state index in [0.717, 1.165) is 24.0 Å². The summed E-state index contributed by atoms with van der Waals surface area (Å²) in [5, 5.41) is 8.63. The van der Waals surface area contributed by atoms with Crippen LogP contribution in [0.25, 0.3) is 0 Å². The molecular formula is C25H32FN3O3. The first-order chi connectivity index (χ1) is 15.4. The lowest BCUT2D eigenvalue weighted by molar-refractivity contribution is -0.124. The Hall–Kier alpha value is -2.93. The molecule has 6 nitrogen and oxygen atoms in total. The standard InChI is InChI=1S/C25H32FN3O3/c1-18(2)22(29-24(31)27-16-19-6-4-3-5-7-19)23(30)28-17-25(12-14-32-15-13-25)20-8-10-21(26)11-9-20/h3-11,18,22H,12-17H2,1-2H3,(H,28,30)(H2,27,29,31). The van der Waals surface area contributed by atoms with Gasteiger partial charge in [0.25, 0.3) is 0 Å². The molecule has 1 atom stereocenters. The molecule has 3 N–H and O–H groups in total. The Morgan fingerprint density at radius 2 is 1.66 bits per heavy atom. The van der Waals surface area contributed by atoms with Crippen LogP contribution in [0.2, 0.25) is 0 Å². The average Bonchev–Trinajstić information content (AvgIpc) is 2.81. The summed E-state index contributed by atoms with van der Waals surface area (Å²) < 4.78 is 19.0. The van der Waals surface area contributed by atoms with Gasteiger partial charge in [0.2, 0.25) is 5.91 Å². The van der Waals surface area contributed by atoms with Crippen molar-refractivity contribution in [1.82, 2.24) is 16.0 Å². The van der Waals surface area contributed by atoms with Crippen LogP contribution >= 0.6 is 0 Å². The number of ether oxygens (including phenoxy) is 1. The molecule has 0 aromatic heterocycles. The van der Waals surface area contributed by atoms with E-state index in [1.165, 1.54) is 12.1 Å². The van der Waals surface area contributed by atoms with Crippen LogP contribution in [0.5, 0.6) is 0 Å². The Morgan fingerprint density at radius 1 is 1.00 bits per heavy atom. The smallest absolute Gasteiger partial charge is 0.315 e. The normalized spacial score (nSPS) is 16.2. The second kappa shape index (κ2) is 11.1. The van der Waals surface area contributed by atoms with Gasteiger partial charge in [0.15, 0.2) is 0 Å². The highest BCUT2D eigenvalue weighted by Crippen LogP contribution is 2.34. The monoisotopic (exact) mass is 441 g/mol. The van der Waals surface area contributed by atoms with E-state index in [0.29, 0.717) is 26.3 Å². The van der Waals surface area contributed by atoms with Crippen LogP contribution in [0.4, 0.5) is 9.18 Å². The van der Waals surface area contributed by atoms with E-state index < -0.39 is 6.04 Å². The molecule has 0 spiro atoms. The van der Waals surface area contributed by atoms with Gasteiger partial charge in [0.05, 0.1) is 0 Å². The molecule has 0 bridgehead atoms. The summed E-state index contributed by atoms with van der Waals surface area (Å²) in [6.45, 7) is 5.74. The fourth-order valence-corrected chi connectivity index (χ4v) is 4.00. The predicted molar refractivity (Wildman–Crippen MR) is 122 cm³/mol. The molecule has 1 fully saturated rings. The fourth-order valence-electron chi connectivity index (χ4n) is 4.00. The van der Waals surface area contributed by atoms with Gasteiger partial charge in [-0.1, -0.05) is 56.3 Å². The van der Waals surface area contributed by atoms with Crippen molar-refractivity contribution in [2.45, 2.75) is 44.7 Å². The van der Waals surface area contributed by atoms with Gasteiger partial charge in [0.1, 0.15) is 11.9 Å². The van der Waals surface area contributed by atoms with Crippen molar-refractivity contribution in [1.29, 1.82) is 0 Å². The van der Waals surface area contributed by atoms with Crippen LogP contribution in [0.1, 0.15) is 37.8 Å². The number of carbonyl (C=O) groups is 2. The molecule has 2 aromatic rings. The molecule has 1 saturated heterocycles. The Labute approximate surface area is 188 Å². The van der Waals surface area contributed by atoms with Crippen LogP contribution < -0.4 is 16.0 Å². The first-order valence-electron chi connectivity index (χ1n) is 11.1. The summed E-state index contributed by atoms with van der Waals surface area (Å²) in [6.07, 6.45) is 1.46. The van der Waals surface area contributed by atoms with E-state index >= 15 is 0 Å². The van der Waals surface area contributed by atoms with Crippen LogP contribution in [0, 0.1) is 11.7 Å². The Balaban J connectivity index is 1.61. The van der Waals surface area contributed by atoms with Crippen LogP contribution in [0.3, 0.4) is 0 Å². The van der Waals surface area contributed by atoms with Gasteiger partial charge in [-0.05, 0) is 42.0 Å². The van der Waals surface area contributed by atoms with Crippen molar-refractivity contribution >= 4 is 11.9 Å². The topological polar surface area (TPSA) is 79.5 Å². The molecule has 172 valence electrons. The highest BCUT2D eigenvalue weighted by Gasteiger charge is 2.36. The van der Waals surface area contributed by atoms with Crippen molar-refractivity contribution < 1.29 is 18.7 Å². The number of halogens is 1. The van der Waals surface area contributed by atoms with Crippen molar-refractivity contribution in [2.75, 3.05) is 19.8 Å². The minimum atomic E-state index is -0.670. The van der Waals surface area contributed by atoms with Crippen LogP contribution in [0.15, 0.2) is 54.6 Å². The SMILES string of the molecule is CC(C)C(NC(=O)NCc1ccccc1)C(=O)NCC1(c2ccc(F)cc2)CCOCC1. The first-order valence-corrected chi connectivity index (χ1v) is 11.1. The predicted octanol–water partition coefficient (Wildman–Crippen LogP) is 3.51. The van der Waals surface area contributed by atoms with E-state index in [4.69, 9.17) is 4.74 Å². The quantitative estimate of drug-likeness (QED) is 0.587. The lowest BCUT2D eigenvalue weighted by Crippen LogP contribution is -2.54. The Kier molecular flexibility index (Phi) is 8.22. The van der Waals surface area contributed by atoms with Crippen molar-refractivity contribution in [2.24, 2.45) is 5.92 Å². The summed E-state index contributed by atoms with van der Waals surface area (Å²) >= 11 is 0. The molecule has 2 aromatic carbocycles. The van der Waals surface area contributed by atoms with Gasteiger partial charge >= 0.3 is 6.03 Å². The molecule has 0 radical (unpaired) electrons. The zero-order valence-corrected chi connectivity index (χ0v) is 18.7. The molecular weight excluding hydrogens is 409 g/mol. The van der Waals surface area contributed by atoms with E-state index in [1.54, 1.807) is 12.1 Å². The molecule has 32 heavy (non-hydrogen) atoms. The van der Waals surface area contributed by atoms with Crippen molar-refractivity contribution in [3.05, 3.63) is 71.5 Å². The number of amides is 3. The number of hydrogen-bond donors (Lipinski definition) is 3. The van der Waals surface area contributed by atoms with Crippen molar-refractivity contribution in [3.8, 4) is 0 Å². The average molecular weight is 442 g/mol. The number of nitrogens with one attached hydrogen (secondary N) is 3. The maximum absolute atomic E-state index is 13.4. The molecule has 1 unspecified atom stereocenters. The number of hydrogen-bond acceptors (Lipinski definition) is 3. The maximum atomic E-state index is 13.4. The van der Waals surface area contributed by atoms with Gasteiger partial charge in [-0.15, -0.1) is 0 Å². The minimum Gasteiger partial charge on any atom is -0.381 e. The third-order valence-corrected chi connectivity index (χ3v) is 6.04. The molecule has 3 amide bonds. The van der Waals surface area contributed by atoms with Gasteiger partial charge in [0, 0.05) is 31.7 Å². The minimum absolute atomic E-state index is 0.0889. The highest BCUT2D eigenvalue weighted by molar-refractivity contribution is 5.87. The van der Waals surface area contributed by atoms with E-state index in [2.05, 4.69) is 16.0 Å². The molecule has 7 heteroatoms. The van der Waals surface area contributed by atoms with E-state index in [9.17, 15) is 14.0 Å². The summed E-state index contributed by atoms with van der Waals surface area (Å²) in [5.41, 5.74) is 1.64. The third kappa shape index (κ3) is 6.29. The maximum Gasteiger partial charge on any atom is 0.315 e. The summed E-state index contributed by atoms with van der Waals surface area (Å²) in [7, 11) is 0. The lowest BCUT2D eigenvalue weighted by Gasteiger charge is -2.38. The second-order valence-electron chi connectivity index (χ2n) is 8.65. The zero-order chi connectivity index (χ0) is 23.0. The van der Waals surface area contributed by atoms with E-state index in [-0.39, 0.29) is 29.1 Å². The summed E-state index contributed by atoms with van der Waals surface area (Å²) in [4.78, 5) is 25.4. The highest BCUT2D eigenvalue weighted by atomic mass is 19.1. The molecule has 1 aliphatic rings. The zero-order valence-electron chi connectivity index (χ0n) is 18.7. The summed E-state index contributed by atoms with van der Waals surface area (Å²) in [6, 6.07) is 15.0. The molecule has 0 saturated carbocycles. The van der Waals surface area contributed by atoms with Gasteiger partial charge < -0.3 is 20.7 Å². The number of rotatable bonds is 8. The Morgan fingerprint density at radius 3 is 2.28 bits per heavy atom. The molecule has 1 heterocycles. The number of carbonyl (C=O) groups excluding carboxylic acids is 2. The van der Waals surface area contributed by atoms with E-state index in [1.807, 2.05) is 44.2 Å². The van der Waals surface area contributed by atoms with Gasteiger partial charge in [-0.25, -0.2) is 9.18 Å². The molecule has 3 rings (SSSR count). The fraction of sp³-hybridized carbons (Fsp3) is 0.440. The van der Waals surface area contributed by atoms with Crippen LogP contribution in [-0.2, 0) is 21.5 Å².